The molecule has 0 saturated heterocycles. The number of benzene rings is 1. The number of nitrogens with zero attached hydrogens (tertiary/aromatic N) is 2. The van der Waals surface area contributed by atoms with E-state index >= 15 is 0 Å². The minimum atomic E-state index is -0.501. The molecule has 16 heavy (non-hydrogen) atoms. The highest BCUT2D eigenvalue weighted by atomic mass is 79.9. The summed E-state index contributed by atoms with van der Waals surface area (Å²) in [5.41, 5.74) is 6.80. The van der Waals surface area contributed by atoms with E-state index in [-0.39, 0.29) is 5.95 Å². The van der Waals surface area contributed by atoms with Crippen LogP contribution in [-0.4, -0.2) is 15.0 Å². The SMILES string of the molecule is Cc1ccc(-c2nc(N)nc(=O)[nH]2)cc1Br. The van der Waals surface area contributed by atoms with Crippen molar-refractivity contribution < 1.29 is 0 Å². The first-order valence-electron chi connectivity index (χ1n) is 4.56. The van der Waals surface area contributed by atoms with Crippen LogP contribution in [-0.2, 0) is 0 Å². The minimum absolute atomic E-state index is 0.0320. The van der Waals surface area contributed by atoms with Crippen molar-refractivity contribution in [3.05, 3.63) is 38.7 Å². The lowest BCUT2D eigenvalue weighted by molar-refractivity contribution is 1.01. The predicted molar refractivity (Wildman–Crippen MR) is 64.9 cm³/mol. The van der Waals surface area contributed by atoms with Crippen molar-refractivity contribution in [1.82, 2.24) is 15.0 Å². The number of H-pyrrole nitrogens is 1. The average Bonchev–Trinajstić information content (AvgIpc) is 2.20. The van der Waals surface area contributed by atoms with Crippen molar-refractivity contribution >= 4 is 21.9 Å². The number of rotatable bonds is 1. The third-order valence-corrected chi connectivity index (χ3v) is 2.97. The predicted octanol–water partition coefficient (Wildman–Crippen LogP) is 1.49. The first-order valence-corrected chi connectivity index (χ1v) is 5.36. The van der Waals surface area contributed by atoms with E-state index in [1.165, 1.54) is 0 Å². The van der Waals surface area contributed by atoms with Crippen LogP contribution in [0.25, 0.3) is 11.4 Å². The monoisotopic (exact) mass is 280 g/mol. The fourth-order valence-corrected chi connectivity index (χ4v) is 1.66. The number of aryl methyl sites for hydroxylation is 1. The van der Waals surface area contributed by atoms with Gasteiger partial charge in [-0.3, -0.25) is 4.98 Å². The third-order valence-electron chi connectivity index (χ3n) is 2.11. The van der Waals surface area contributed by atoms with Gasteiger partial charge in [0.25, 0.3) is 0 Å². The van der Waals surface area contributed by atoms with Crippen LogP contribution < -0.4 is 11.4 Å². The van der Waals surface area contributed by atoms with Gasteiger partial charge in [0.2, 0.25) is 5.95 Å². The molecule has 0 unspecified atom stereocenters. The number of nitrogen functional groups attached to an aromatic ring is 1. The zero-order valence-electron chi connectivity index (χ0n) is 8.49. The van der Waals surface area contributed by atoms with Crippen LogP contribution in [0, 0.1) is 6.92 Å². The quantitative estimate of drug-likeness (QED) is 0.829. The van der Waals surface area contributed by atoms with Crippen LogP contribution in [0.4, 0.5) is 5.95 Å². The number of nitrogens with one attached hydrogen (secondary N) is 1. The van der Waals surface area contributed by atoms with E-state index in [0.717, 1.165) is 15.6 Å². The Bertz CT molecular complexity index is 594. The van der Waals surface area contributed by atoms with E-state index in [2.05, 4.69) is 30.9 Å². The van der Waals surface area contributed by atoms with Crippen LogP contribution in [0.3, 0.4) is 0 Å². The Morgan fingerprint density at radius 1 is 1.38 bits per heavy atom. The van der Waals surface area contributed by atoms with Gasteiger partial charge in [0.05, 0.1) is 0 Å². The topological polar surface area (TPSA) is 84.7 Å². The summed E-state index contributed by atoms with van der Waals surface area (Å²) in [7, 11) is 0. The Morgan fingerprint density at radius 3 is 2.75 bits per heavy atom. The Hall–Kier alpha value is -1.69. The van der Waals surface area contributed by atoms with Gasteiger partial charge in [0.15, 0.2) is 0 Å². The number of halogens is 1. The second-order valence-electron chi connectivity index (χ2n) is 3.32. The number of hydrogen-bond donors (Lipinski definition) is 2. The van der Waals surface area contributed by atoms with Crippen molar-refractivity contribution in [2.45, 2.75) is 6.92 Å². The molecule has 0 amide bonds. The lowest BCUT2D eigenvalue weighted by atomic mass is 10.1. The van der Waals surface area contributed by atoms with Crippen molar-refractivity contribution in [1.29, 1.82) is 0 Å². The van der Waals surface area contributed by atoms with Crippen LogP contribution in [0.1, 0.15) is 5.56 Å². The van der Waals surface area contributed by atoms with Gasteiger partial charge in [-0.15, -0.1) is 0 Å². The van der Waals surface area contributed by atoms with E-state index in [0.29, 0.717) is 5.82 Å². The van der Waals surface area contributed by atoms with Crippen molar-refractivity contribution in [2.75, 3.05) is 5.73 Å². The van der Waals surface area contributed by atoms with Crippen molar-refractivity contribution in [2.24, 2.45) is 0 Å². The Kier molecular flexibility index (Phi) is 2.74. The number of hydrogen-bond acceptors (Lipinski definition) is 4. The number of aromatic amines is 1. The molecule has 0 radical (unpaired) electrons. The Morgan fingerprint density at radius 2 is 2.12 bits per heavy atom. The third kappa shape index (κ3) is 2.11. The lowest BCUT2D eigenvalue weighted by Crippen LogP contribution is -2.15. The van der Waals surface area contributed by atoms with Crippen molar-refractivity contribution in [3.8, 4) is 11.4 Å². The highest BCUT2D eigenvalue weighted by molar-refractivity contribution is 9.10. The minimum Gasteiger partial charge on any atom is -0.368 e. The maximum absolute atomic E-state index is 11.1. The molecular formula is C10H9BrN4O. The summed E-state index contributed by atoms with van der Waals surface area (Å²) >= 11 is 3.41. The molecule has 82 valence electrons. The van der Waals surface area contributed by atoms with Crippen LogP contribution >= 0.6 is 15.9 Å². The zero-order valence-corrected chi connectivity index (χ0v) is 10.1. The summed E-state index contributed by atoms with van der Waals surface area (Å²) < 4.78 is 0.947. The first-order chi connectivity index (χ1) is 7.56. The molecule has 0 aliphatic heterocycles. The zero-order chi connectivity index (χ0) is 11.7. The van der Waals surface area contributed by atoms with Gasteiger partial charge in [-0.05, 0) is 18.6 Å². The van der Waals surface area contributed by atoms with Gasteiger partial charge in [0.1, 0.15) is 5.82 Å². The molecular weight excluding hydrogens is 272 g/mol. The summed E-state index contributed by atoms with van der Waals surface area (Å²) in [5, 5.41) is 0. The molecule has 0 atom stereocenters. The van der Waals surface area contributed by atoms with Crippen LogP contribution in [0.2, 0.25) is 0 Å². The molecule has 2 aromatic rings. The maximum Gasteiger partial charge on any atom is 0.349 e. The number of anilines is 1. The highest BCUT2D eigenvalue weighted by Gasteiger charge is 2.04. The summed E-state index contributed by atoms with van der Waals surface area (Å²) in [5.74, 6) is 0.383. The van der Waals surface area contributed by atoms with Gasteiger partial charge >= 0.3 is 5.69 Å². The molecule has 0 aliphatic carbocycles. The molecule has 1 aromatic heterocycles. The fourth-order valence-electron chi connectivity index (χ4n) is 1.28. The van der Waals surface area contributed by atoms with Crippen LogP contribution in [0.15, 0.2) is 27.5 Å². The second kappa shape index (κ2) is 4.05. The van der Waals surface area contributed by atoms with Gasteiger partial charge in [0, 0.05) is 10.0 Å². The van der Waals surface area contributed by atoms with Crippen LogP contribution in [0.5, 0.6) is 0 Å². The molecule has 3 N–H and O–H groups in total. The Balaban J connectivity index is 2.58. The number of nitrogens with two attached hydrogens (primary N) is 1. The summed E-state index contributed by atoms with van der Waals surface area (Å²) in [4.78, 5) is 21.1. The molecule has 5 nitrogen and oxygen atoms in total. The highest BCUT2D eigenvalue weighted by Crippen LogP contribution is 2.22. The van der Waals surface area contributed by atoms with Gasteiger partial charge in [-0.1, -0.05) is 28.1 Å². The first kappa shape index (κ1) is 10.8. The van der Waals surface area contributed by atoms with E-state index < -0.39 is 5.69 Å². The molecule has 1 heterocycles. The van der Waals surface area contributed by atoms with E-state index in [9.17, 15) is 4.79 Å². The molecule has 0 saturated carbocycles. The van der Waals surface area contributed by atoms with Gasteiger partial charge in [-0.2, -0.15) is 9.97 Å². The normalized spacial score (nSPS) is 10.4. The largest absolute Gasteiger partial charge is 0.368 e. The standard InChI is InChI=1S/C10H9BrN4O/c1-5-2-3-6(4-7(5)11)8-13-9(12)15-10(16)14-8/h2-4H,1H3,(H3,12,13,14,15,16). The van der Waals surface area contributed by atoms with Gasteiger partial charge in [-0.25, -0.2) is 4.79 Å². The molecule has 6 heteroatoms. The smallest absolute Gasteiger partial charge is 0.349 e. The molecule has 0 bridgehead atoms. The molecule has 2 rings (SSSR count). The second-order valence-corrected chi connectivity index (χ2v) is 4.18. The number of aromatic nitrogens is 3. The summed E-state index contributed by atoms with van der Waals surface area (Å²) in [6, 6.07) is 5.65. The van der Waals surface area contributed by atoms with Gasteiger partial charge < -0.3 is 5.73 Å². The van der Waals surface area contributed by atoms with E-state index in [1.807, 2.05) is 25.1 Å². The summed E-state index contributed by atoms with van der Waals surface area (Å²) in [6.45, 7) is 1.98. The van der Waals surface area contributed by atoms with Crippen molar-refractivity contribution in [3.63, 3.8) is 0 Å². The summed E-state index contributed by atoms with van der Waals surface area (Å²) in [6.07, 6.45) is 0. The lowest BCUT2D eigenvalue weighted by Gasteiger charge is -2.03. The maximum atomic E-state index is 11.1. The molecule has 0 fully saturated rings. The molecule has 0 spiro atoms. The average molecular weight is 281 g/mol. The van der Waals surface area contributed by atoms with E-state index in [1.54, 1.807) is 0 Å². The Labute approximate surface area is 99.9 Å². The van der Waals surface area contributed by atoms with E-state index in [4.69, 9.17) is 5.73 Å². The fraction of sp³-hybridized carbons (Fsp3) is 0.100. The molecule has 1 aromatic carbocycles. The molecule has 0 aliphatic rings.